The molecule has 0 aliphatic carbocycles. The fourth-order valence-electron chi connectivity index (χ4n) is 7.92. The number of nitrogens with one attached hydrogen (secondary N) is 3. The summed E-state index contributed by atoms with van der Waals surface area (Å²) >= 11 is 0. The molecule has 0 aliphatic heterocycles. The minimum Gasteiger partial charge on any atom is -0.477 e. The zero-order valence-electron chi connectivity index (χ0n) is 39.7. The molecule has 73 heavy (non-hydrogen) atoms. The molecule has 3 amide bonds. The molecule has 1 radical (unpaired) electrons. The average molecular weight is 1120 g/mol. The van der Waals surface area contributed by atoms with E-state index in [9.17, 15) is 44.1 Å². The van der Waals surface area contributed by atoms with E-state index in [2.05, 4.69) is 30.9 Å². The van der Waals surface area contributed by atoms with Gasteiger partial charge in [-0.2, -0.15) is 0 Å². The van der Waals surface area contributed by atoms with Crippen LogP contribution in [-0.2, 0) is 0 Å². The smallest absolute Gasteiger partial charge is 0.354 e. The maximum absolute atomic E-state index is 12.1. The number of carboxylic acids is 3. The van der Waals surface area contributed by atoms with Gasteiger partial charge in [0.15, 0.2) is 0 Å². The largest absolute Gasteiger partial charge is 0.477 e. The zero-order chi connectivity index (χ0) is 51.3. The first-order valence-corrected chi connectivity index (χ1v) is 22.8. The second-order valence-electron chi connectivity index (χ2n) is 16.0. The number of hydrogen-bond acceptors (Lipinski definition) is 9. The van der Waals surface area contributed by atoms with Gasteiger partial charge in [0.1, 0.15) is 34.2 Å². The third-order valence-electron chi connectivity index (χ3n) is 11.1. The van der Waals surface area contributed by atoms with Crippen molar-refractivity contribution < 1.29 is 82.7 Å². The van der Waals surface area contributed by atoms with Crippen molar-refractivity contribution in [3.05, 3.63) is 198 Å². The van der Waals surface area contributed by atoms with Crippen molar-refractivity contribution in [2.75, 3.05) is 19.6 Å². The Balaban J connectivity index is 0.000000177. The van der Waals surface area contributed by atoms with Gasteiger partial charge >= 0.3 is 17.9 Å². The van der Waals surface area contributed by atoms with Gasteiger partial charge in [-0.3, -0.25) is 14.4 Å². The number of hydrogen-bond donors (Lipinski definition) is 6. The molecule has 3 aromatic heterocycles. The number of carbonyl (C=O) groups is 6. The van der Waals surface area contributed by atoms with Crippen LogP contribution in [0.5, 0.6) is 0 Å². The molecule has 0 saturated carbocycles. The summed E-state index contributed by atoms with van der Waals surface area (Å²) in [7, 11) is 0. The van der Waals surface area contributed by atoms with E-state index in [4.69, 9.17) is 0 Å². The van der Waals surface area contributed by atoms with Crippen molar-refractivity contribution in [3.63, 3.8) is 0 Å². The van der Waals surface area contributed by atoms with E-state index in [0.29, 0.717) is 36.3 Å². The number of nitrogens with zero attached hydrogens (tertiary/aromatic N) is 3. The Hall–Kier alpha value is -8.34. The molecule has 0 atom stereocenters. The maximum Gasteiger partial charge on any atom is 0.354 e. The van der Waals surface area contributed by atoms with Crippen LogP contribution >= 0.6 is 0 Å². The van der Waals surface area contributed by atoms with E-state index >= 15 is 0 Å². The number of benzene rings is 6. The van der Waals surface area contributed by atoms with Gasteiger partial charge in [0, 0.05) is 58.2 Å². The van der Waals surface area contributed by atoms with E-state index in [1.165, 1.54) is 18.2 Å². The van der Waals surface area contributed by atoms with Crippen molar-refractivity contribution in [2.24, 2.45) is 0 Å². The third-order valence-corrected chi connectivity index (χ3v) is 11.1. The van der Waals surface area contributed by atoms with Crippen LogP contribution in [0.2, 0.25) is 0 Å². The van der Waals surface area contributed by atoms with Gasteiger partial charge < -0.3 is 31.3 Å². The number of rotatable bonds is 12. The fraction of sp³-hybridized carbons (Fsp3) is 0.105. The standard InChI is InChI=1S/3C19H16N2O3.Tb/c3*1-2-20-18(22)16-10-13(11-17(21-16)19(23)24)15-9-5-7-12-6-3-4-8-14(12)15;/h3*3-11H,2H2,1H3,(H,20,22)(H,23,24);. The van der Waals surface area contributed by atoms with E-state index < -0.39 is 17.9 Å². The summed E-state index contributed by atoms with van der Waals surface area (Å²) < 4.78 is 0. The third kappa shape index (κ3) is 13.1. The molecule has 0 fully saturated rings. The monoisotopic (exact) mass is 1120 g/mol. The Morgan fingerprint density at radius 2 is 0.589 bits per heavy atom. The minimum absolute atomic E-state index is 0. The quantitative estimate of drug-likeness (QED) is 0.0670. The van der Waals surface area contributed by atoms with E-state index in [1.807, 2.05) is 127 Å². The summed E-state index contributed by atoms with van der Waals surface area (Å²) in [5.74, 6) is -4.65. The van der Waals surface area contributed by atoms with Gasteiger partial charge in [-0.05, 0) is 123 Å². The molecule has 0 saturated heterocycles. The van der Waals surface area contributed by atoms with Crippen LogP contribution in [0.25, 0.3) is 65.7 Å². The van der Waals surface area contributed by atoms with Crippen LogP contribution in [-0.4, -0.2) is 85.5 Å². The van der Waals surface area contributed by atoms with Crippen LogP contribution < -0.4 is 16.0 Å². The molecule has 15 nitrogen and oxygen atoms in total. The van der Waals surface area contributed by atoms with Crippen LogP contribution in [0, 0.1) is 38.6 Å². The Labute approximate surface area is 450 Å². The topological polar surface area (TPSA) is 238 Å². The van der Waals surface area contributed by atoms with Crippen molar-refractivity contribution in [2.45, 2.75) is 20.8 Å². The molecule has 6 aromatic carbocycles. The summed E-state index contributed by atoms with van der Waals surface area (Å²) in [6.07, 6.45) is 0. The predicted molar refractivity (Wildman–Crippen MR) is 276 cm³/mol. The van der Waals surface area contributed by atoms with Crippen molar-refractivity contribution in [1.29, 1.82) is 0 Å². The normalized spacial score (nSPS) is 10.4. The molecule has 3 heterocycles. The van der Waals surface area contributed by atoms with Crippen molar-refractivity contribution in [3.8, 4) is 33.4 Å². The first kappa shape index (κ1) is 54.0. The van der Waals surface area contributed by atoms with Gasteiger partial charge in [0.25, 0.3) is 17.7 Å². The number of carboxylic acid groups (broad SMARTS) is 3. The molecule has 0 bridgehead atoms. The Morgan fingerprint density at radius 1 is 0.356 bits per heavy atom. The molecule has 0 aliphatic rings. The fourth-order valence-corrected chi connectivity index (χ4v) is 7.92. The van der Waals surface area contributed by atoms with Crippen LogP contribution in [0.3, 0.4) is 0 Å². The zero-order valence-corrected chi connectivity index (χ0v) is 41.8. The SMILES string of the molecule is CCNC(=O)c1cc(-c2cccc3ccccc23)cc(C(=O)O)n1.CCNC(=O)c1cc(-c2cccc3ccccc23)cc(C(=O)O)n1.CCNC(=O)c1cc(-c2cccc3ccccc23)cc(C(=O)O)n1.[Tb]. The Bertz CT molecular complexity index is 3160. The molecule has 369 valence electrons. The molecule has 6 N–H and O–H groups in total. The van der Waals surface area contributed by atoms with Gasteiger partial charge in [-0.25, -0.2) is 29.3 Å². The van der Waals surface area contributed by atoms with Gasteiger partial charge in [0.2, 0.25) is 0 Å². The number of aromatic nitrogens is 3. The number of fused-ring (bicyclic) bond motifs is 3. The minimum atomic E-state index is -1.16. The number of amides is 3. The second-order valence-corrected chi connectivity index (χ2v) is 16.0. The molecular formula is C57H48N6O9Tb. The average Bonchev–Trinajstić information content (AvgIpc) is 3.40. The van der Waals surface area contributed by atoms with Gasteiger partial charge in [-0.15, -0.1) is 0 Å². The number of aromatic carboxylic acids is 3. The second kappa shape index (κ2) is 25.2. The van der Waals surface area contributed by atoms with Crippen molar-refractivity contribution >= 4 is 67.9 Å². The summed E-state index contributed by atoms with van der Waals surface area (Å²) in [6, 6.07) is 50.3. The van der Waals surface area contributed by atoms with Gasteiger partial charge in [-0.1, -0.05) is 127 Å². The first-order chi connectivity index (χ1) is 34.8. The summed E-state index contributed by atoms with van der Waals surface area (Å²) in [6.45, 7) is 6.73. The summed E-state index contributed by atoms with van der Waals surface area (Å²) in [4.78, 5) is 82.3. The van der Waals surface area contributed by atoms with Crippen LogP contribution in [0.15, 0.2) is 164 Å². The molecule has 9 rings (SSSR count). The maximum atomic E-state index is 12.1. The van der Waals surface area contributed by atoms with Crippen LogP contribution in [0.4, 0.5) is 0 Å². The Morgan fingerprint density at radius 3 is 0.836 bits per heavy atom. The molecule has 0 spiro atoms. The molecule has 16 heteroatoms. The summed E-state index contributed by atoms with van der Waals surface area (Å²) in [5, 5.41) is 42.0. The van der Waals surface area contributed by atoms with E-state index in [1.54, 1.807) is 39.0 Å². The molecule has 0 unspecified atom stereocenters. The summed E-state index contributed by atoms with van der Waals surface area (Å²) in [5.41, 5.74) is 4.39. The van der Waals surface area contributed by atoms with Gasteiger partial charge in [0.05, 0.1) is 0 Å². The van der Waals surface area contributed by atoms with Crippen LogP contribution in [0.1, 0.15) is 83.7 Å². The number of pyridine rings is 3. The molecular weight excluding hydrogens is 1070 g/mol. The Kier molecular flexibility index (Phi) is 18.6. The van der Waals surface area contributed by atoms with Crippen molar-refractivity contribution in [1.82, 2.24) is 30.9 Å². The first-order valence-electron chi connectivity index (χ1n) is 22.8. The predicted octanol–water partition coefficient (Wildman–Crippen LogP) is 10.0. The van der Waals surface area contributed by atoms with E-state index in [-0.39, 0.29) is 90.5 Å². The number of carbonyl (C=O) groups excluding carboxylic acids is 3. The van der Waals surface area contributed by atoms with E-state index in [0.717, 1.165) is 49.0 Å². The molecule has 9 aromatic rings.